The second kappa shape index (κ2) is 6.86. The van der Waals surface area contributed by atoms with Crippen LogP contribution in [0.5, 0.6) is 11.5 Å². The minimum absolute atomic E-state index is 0.262. The van der Waals surface area contributed by atoms with E-state index >= 15 is 0 Å². The van der Waals surface area contributed by atoms with E-state index < -0.39 is 10.0 Å². The summed E-state index contributed by atoms with van der Waals surface area (Å²) < 4.78 is 38.1. The Morgan fingerprint density at radius 3 is 2.28 bits per heavy atom. The molecule has 2 aromatic rings. The van der Waals surface area contributed by atoms with Crippen LogP contribution in [0.3, 0.4) is 0 Å². The van der Waals surface area contributed by atoms with Crippen molar-refractivity contribution in [3.63, 3.8) is 0 Å². The lowest BCUT2D eigenvalue weighted by molar-refractivity contribution is 0.348. The van der Waals surface area contributed by atoms with Gasteiger partial charge >= 0.3 is 0 Å². The van der Waals surface area contributed by atoms with E-state index in [2.05, 4.69) is 0 Å². The molecular formula is C18H20ClNO4S. The summed E-state index contributed by atoms with van der Waals surface area (Å²) in [6.45, 7) is 2.52. The van der Waals surface area contributed by atoms with Gasteiger partial charge in [0.25, 0.3) is 0 Å². The molecule has 0 aliphatic carbocycles. The Morgan fingerprint density at radius 2 is 1.68 bits per heavy atom. The zero-order valence-corrected chi connectivity index (χ0v) is 15.9. The molecule has 25 heavy (non-hydrogen) atoms. The third-order valence-corrected chi connectivity index (χ3v) is 6.72. The molecular weight excluding hydrogens is 362 g/mol. The molecule has 3 rings (SSSR count). The van der Waals surface area contributed by atoms with Gasteiger partial charge in [0.15, 0.2) is 11.5 Å². The molecule has 0 saturated heterocycles. The van der Waals surface area contributed by atoms with Gasteiger partial charge in [-0.1, -0.05) is 11.6 Å². The zero-order valence-electron chi connectivity index (χ0n) is 14.4. The third-order valence-electron chi connectivity index (χ3n) is 4.45. The number of hydrogen-bond acceptors (Lipinski definition) is 4. The van der Waals surface area contributed by atoms with Gasteiger partial charge in [0, 0.05) is 18.1 Å². The highest BCUT2D eigenvalue weighted by molar-refractivity contribution is 7.89. The number of halogens is 1. The zero-order chi connectivity index (χ0) is 18.2. The summed E-state index contributed by atoms with van der Waals surface area (Å²) in [6.07, 6.45) is 0.626. The topological polar surface area (TPSA) is 55.8 Å². The highest BCUT2D eigenvalue weighted by Crippen LogP contribution is 2.34. The molecule has 0 amide bonds. The molecule has 5 nitrogen and oxygen atoms in total. The van der Waals surface area contributed by atoms with Crippen molar-refractivity contribution in [2.45, 2.75) is 24.8 Å². The molecule has 0 N–H and O–H groups in total. The average Bonchev–Trinajstić information content (AvgIpc) is 2.62. The number of nitrogens with zero attached hydrogens (tertiary/aromatic N) is 1. The number of aryl methyl sites for hydroxylation is 1. The Balaban J connectivity index is 1.95. The number of rotatable bonds is 4. The summed E-state index contributed by atoms with van der Waals surface area (Å²) in [4.78, 5) is 0.262. The maximum Gasteiger partial charge on any atom is 0.243 e. The second-order valence-corrected chi connectivity index (χ2v) is 8.32. The molecule has 134 valence electrons. The van der Waals surface area contributed by atoms with E-state index in [0.717, 1.165) is 16.7 Å². The van der Waals surface area contributed by atoms with Crippen LogP contribution in [0, 0.1) is 6.92 Å². The van der Waals surface area contributed by atoms with Crippen LogP contribution in [-0.4, -0.2) is 33.5 Å². The fraction of sp³-hybridized carbons (Fsp3) is 0.333. The van der Waals surface area contributed by atoms with Crippen LogP contribution >= 0.6 is 11.6 Å². The highest BCUT2D eigenvalue weighted by atomic mass is 35.5. The van der Waals surface area contributed by atoms with Gasteiger partial charge in [0.2, 0.25) is 10.0 Å². The Hall–Kier alpha value is -1.76. The lowest BCUT2D eigenvalue weighted by Crippen LogP contribution is -2.36. The van der Waals surface area contributed by atoms with Gasteiger partial charge in [-0.25, -0.2) is 8.42 Å². The van der Waals surface area contributed by atoms with Crippen molar-refractivity contribution in [1.29, 1.82) is 0 Å². The minimum Gasteiger partial charge on any atom is -0.493 e. The first kappa shape index (κ1) is 18.0. The molecule has 0 saturated carbocycles. The Kier molecular flexibility index (Phi) is 4.95. The van der Waals surface area contributed by atoms with Gasteiger partial charge < -0.3 is 9.47 Å². The van der Waals surface area contributed by atoms with Crippen LogP contribution in [-0.2, 0) is 23.0 Å². The molecule has 0 fully saturated rings. The summed E-state index contributed by atoms with van der Waals surface area (Å²) in [5.74, 6) is 1.26. The largest absolute Gasteiger partial charge is 0.493 e. The number of ether oxygens (including phenoxy) is 2. The molecule has 0 atom stereocenters. The second-order valence-electron chi connectivity index (χ2n) is 5.98. The van der Waals surface area contributed by atoms with E-state index in [0.29, 0.717) is 36.0 Å². The number of sulfonamides is 1. The van der Waals surface area contributed by atoms with E-state index in [9.17, 15) is 8.42 Å². The predicted octanol–water partition coefficient (Wildman–Crippen LogP) is 3.41. The maximum atomic E-state index is 13.0. The molecule has 0 spiro atoms. The number of hydrogen-bond donors (Lipinski definition) is 0. The normalized spacial score (nSPS) is 14.9. The van der Waals surface area contributed by atoms with Crippen LogP contribution in [0.1, 0.15) is 16.7 Å². The molecule has 0 unspecified atom stereocenters. The first-order valence-electron chi connectivity index (χ1n) is 7.87. The van der Waals surface area contributed by atoms with E-state index in [1.54, 1.807) is 39.3 Å². The summed E-state index contributed by atoms with van der Waals surface area (Å²) in [5.41, 5.74) is 2.75. The Morgan fingerprint density at radius 1 is 1.04 bits per heavy atom. The Labute approximate surface area is 153 Å². The van der Waals surface area contributed by atoms with Gasteiger partial charge in [0.05, 0.1) is 19.1 Å². The maximum absolute atomic E-state index is 13.0. The molecule has 1 aliphatic heterocycles. The van der Waals surface area contributed by atoms with Gasteiger partial charge in [-0.15, -0.1) is 0 Å². The first-order valence-corrected chi connectivity index (χ1v) is 9.68. The highest BCUT2D eigenvalue weighted by Gasteiger charge is 2.29. The lowest BCUT2D eigenvalue weighted by Gasteiger charge is -2.29. The molecule has 1 heterocycles. The number of fused-ring (bicyclic) bond motifs is 1. The predicted molar refractivity (Wildman–Crippen MR) is 97.0 cm³/mol. The van der Waals surface area contributed by atoms with Crippen LogP contribution in [0.15, 0.2) is 35.2 Å². The Bertz CT molecular complexity index is 912. The van der Waals surface area contributed by atoms with Crippen molar-refractivity contribution in [1.82, 2.24) is 4.31 Å². The van der Waals surface area contributed by atoms with Crippen molar-refractivity contribution in [3.05, 3.63) is 52.0 Å². The monoisotopic (exact) mass is 381 g/mol. The summed E-state index contributed by atoms with van der Waals surface area (Å²) in [7, 11) is -0.419. The number of methoxy groups -OCH3 is 2. The molecule has 0 aromatic heterocycles. The first-order chi connectivity index (χ1) is 11.9. The molecule has 1 aliphatic rings. The van der Waals surface area contributed by atoms with E-state index in [1.807, 2.05) is 12.1 Å². The van der Waals surface area contributed by atoms with Crippen LogP contribution in [0.2, 0.25) is 5.02 Å². The molecule has 7 heteroatoms. The van der Waals surface area contributed by atoms with Crippen molar-refractivity contribution in [3.8, 4) is 11.5 Å². The summed E-state index contributed by atoms with van der Waals surface area (Å²) >= 11 is 6.01. The molecule has 0 radical (unpaired) electrons. The minimum atomic E-state index is -3.58. The van der Waals surface area contributed by atoms with E-state index in [1.165, 1.54) is 4.31 Å². The fourth-order valence-electron chi connectivity index (χ4n) is 2.99. The fourth-order valence-corrected chi connectivity index (χ4v) is 4.61. The van der Waals surface area contributed by atoms with E-state index in [-0.39, 0.29) is 4.90 Å². The van der Waals surface area contributed by atoms with Crippen molar-refractivity contribution >= 4 is 21.6 Å². The van der Waals surface area contributed by atoms with Crippen molar-refractivity contribution in [2.75, 3.05) is 20.8 Å². The van der Waals surface area contributed by atoms with Gasteiger partial charge in [-0.05, 0) is 60.4 Å². The molecule has 2 aromatic carbocycles. The van der Waals surface area contributed by atoms with Crippen molar-refractivity contribution in [2.24, 2.45) is 0 Å². The smallest absolute Gasteiger partial charge is 0.243 e. The van der Waals surface area contributed by atoms with E-state index in [4.69, 9.17) is 21.1 Å². The van der Waals surface area contributed by atoms with Crippen LogP contribution in [0.4, 0.5) is 0 Å². The van der Waals surface area contributed by atoms with Gasteiger partial charge in [-0.3, -0.25) is 0 Å². The van der Waals surface area contributed by atoms with Crippen LogP contribution < -0.4 is 9.47 Å². The quantitative estimate of drug-likeness (QED) is 0.814. The standard InChI is InChI=1S/C18H20ClNO4S/c1-12-8-15(4-5-16(12)19)25(21,22)20-7-6-13-9-17(23-2)18(24-3)10-14(13)11-20/h4-5,8-10H,6-7,11H2,1-3H3. The summed E-state index contributed by atoms with van der Waals surface area (Å²) in [6, 6.07) is 8.56. The van der Waals surface area contributed by atoms with Crippen LogP contribution in [0.25, 0.3) is 0 Å². The summed E-state index contributed by atoms with van der Waals surface area (Å²) in [5, 5.41) is 0.555. The van der Waals surface area contributed by atoms with Gasteiger partial charge in [0.1, 0.15) is 0 Å². The SMILES string of the molecule is COc1cc2c(cc1OC)CN(S(=O)(=O)c1ccc(Cl)c(C)c1)CC2. The van der Waals surface area contributed by atoms with Gasteiger partial charge in [-0.2, -0.15) is 4.31 Å². The van der Waals surface area contributed by atoms with Crippen molar-refractivity contribution < 1.29 is 17.9 Å². The molecule has 0 bridgehead atoms. The number of benzene rings is 2. The average molecular weight is 382 g/mol. The lowest BCUT2D eigenvalue weighted by atomic mass is 10.0. The third kappa shape index (κ3) is 3.34.